The van der Waals surface area contributed by atoms with E-state index in [0.717, 1.165) is 4.47 Å². The van der Waals surface area contributed by atoms with E-state index in [4.69, 9.17) is 6.42 Å². The van der Waals surface area contributed by atoms with Crippen molar-refractivity contribution < 1.29 is 4.79 Å². The van der Waals surface area contributed by atoms with Crippen molar-refractivity contribution >= 4 is 21.8 Å². The van der Waals surface area contributed by atoms with Crippen molar-refractivity contribution in [2.24, 2.45) is 0 Å². The van der Waals surface area contributed by atoms with Crippen LogP contribution < -0.4 is 5.32 Å². The molecule has 13 heavy (non-hydrogen) atoms. The Morgan fingerprint density at radius 1 is 1.85 bits per heavy atom. The van der Waals surface area contributed by atoms with Gasteiger partial charge >= 0.3 is 0 Å². The van der Waals surface area contributed by atoms with Crippen molar-refractivity contribution in [3.05, 3.63) is 16.9 Å². The molecule has 0 bridgehead atoms. The predicted molar refractivity (Wildman–Crippen MR) is 51.8 cm³/mol. The van der Waals surface area contributed by atoms with Gasteiger partial charge in [0.15, 0.2) is 0 Å². The minimum atomic E-state index is -0.397. The molecule has 0 saturated carbocycles. The maximum absolute atomic E-state index is 10.6. The van der Waals surface area contributed by atoms with Crippen molar-refractivity contribution in [1.29, 1.82) is 0 Å². The molecule has 5 heteroatoms. The van der Waals surface area contributed by atoms with Crippen molar-refractivity contribution in [1.82, 2.24) is 15.1 Å². The zero-order valence-corrected chi connectivity index (χ0v) is 8.41. The summed E-state index contributed by atoms with van der Waals surface area (Å²) in [5, 5.41) is 6.54. The normalized spacial score (nSPS) is 9.23. The van der Waals surface area contributed by atoms with E-state index in [-0.39, 0.29) is 0 Å². The topological polar surface area (TPSA) is 46.9 Å². The number of terminal acetylenes is 1. The maximum atomic E-state index is 10.6. The minimum absolute atomic E-state index is 0.397. The molecule has 1 N–H and O–H groups in total. The fraction of sp³-hybridized carbons (Fsp3) is 0.250. The van der Waals surface area contributed by atoms with Gasteiger partial charge in [0.05, 0.1) is 17.2 Å². The van der Waals surface area contributed by atoms with Crippen molar-refractivity contribution in [2.45, 2.75) is 6.54 Å². The Labute approximate surface area is 84.4 Å². The summed E-state index contributed by atoms with van der Waals surface area (Å²) in [6, 6.07) is 0. The number of nitrogens with zero attached hydrogens (tertiary/aromatic N) is 2. The van der Waals surface area contributed by atoms with Gasteiger partial charge in [-0.15, -0.1) is 6.42 Å². The average molecular weight is 242 g/mol. The molecule has 0 aromatic carbocycles. The van der Waals surface area contributed by atoms with E-state index < -0.39 is 5.91 Å². The molecule has 1 aromatic rings. The van der Waals surface area contributed by atoms with Gasteiger partial charge in [-0.3, -0.25) is 9.48 Å². The maximum Gasteiger partial charge on any atom is 0.295 e. The molecule has 1 rings (SSSR count). The number of carbonyl (C=O) groups is 1. The second-order valence-corrected chi connectivity index (χ2v) is 3.24. The van der Waals surface area contributed by atoms with Crippen LogP contribution in [0, 0.1) is 12.3 Å². The van der Waals surface area contributed by atoms with Gasteiger partial charge in [-0.2, -0.15) is 5.10 Å². The van der Waals surface area contributed by atoms with E-state index in [1.165, 1.54) is 0 Å². The summed E-state index contributed by atoms with van der Waals surface area (Å²) in [6.07, 6.45) is 8.37. The zero-order valence-electron chi connectivity index (χ0n) is 6.83. The van der Waals surface area contributed by atoms with Gasteiger partial charge < -0.3 is 5.32 Å². The molecule has 1 aromatic heterocycles. The van der Waals surface area contributed by atoms with Crippen LogP contribution in [0.5, 0.6) is 0 Å². The van der Waals surface area contributed by atoms with E-state index in [1.54, 1.807) is 10.9 Å². The van der Waals surface area contributed by atoms with Crippen LogP contribution in [0.1, 0.15) is 0 Å². The van der Waals surface area contributed by atoms with Crippen molar-refractivity contribution in [2.75, 3.05) is 6.54 Å². The summed E-state index contributed by atoms with van der Waals surface area (Å²) in [7, 11) is 0. The SMILES string of the molecule is C#CC(=O)NCCn1cc(Br)cn1. The summed E-state index contributed by atoms with van der Waals surface area (Å²) in [4.78, 5) is 10.6. The molecule has 0 saturated heterocycles. The van der Waals surface area contributed by atoms with Crippen LogP contribution in [-0.2, 0) is 11.3 Å². The molecule has 68 valence electrons. The number of nitrogens with one attached hydrogen (secondary N) is 1. The van der Waals surface area contributed by atoms with E-state index in [0.29, 0.717) is 13.1 Å². The lowest BCUT2D eigenvalue weighted by molar-refractivity contribution is -0.115. The summed E-state index contributed by atoms with van der Waals surface area (Å²) < 4.78 is 2.62. The van der Waals surface area contributed by atoms with Crippen LogP contribution in [0.3, 0.4) is 0 Å². The summed E-state index contributed by atoms with van der Waals surface area (Å²) >= 11 is 3.26. The smallest absolute Gasteiger partial charge is 0.295 e. The number of halogens is 1. The van der Waals surface area contributed by atoms with E-state index in [1.807, 2.05) is 12.1 Å². The number of amides is 1. The first-order chi connectivity index (χ1) is 6.22. The summed E-state index contributed by atoms with van der Waals surface area (Å²) in [6.45, 7) is 1.09. The number of hydrogen-bond donors (Lipinski definition) is 1. The first-order valence-electron chi connectivity index (χ1n) is 3.65. The Hall–Kier alpha value is -1.28. The lowest BCUT2D eigenvalue weighted by Crippen LogP contribution is -2.25. The third-order valence-corrected chi connectivity index (χ3v) is 1.77. The fourth-order valence-electron chi connectivity index (χ4n) is 0.796. The monoisotopic (exact) mass is 241 g/mol. The van der Waals surface area contributed by atoms with Gasteiger partial charge in [-0.05, 0) is 21.9 Å². The van der Waals surface area contributed by atoms with Gasteiger partial charge in [-0.25, -0.2) is 0 Å². The van der Waals surface area contributed by atoms with Crippen LogP contribution in [0.15, 0.2) is 16.9 Å². The molecule has 0 unspecified atom stereocenters. The largest absolute Gasteiger partial charge is 0.343 e. The number of rotatable bonds is 3. The summed E-state index contributed by atoms with van der Waals surface area (Å²) in [5.74, 6) is 1.57. The molecule has 4 nitrogen and oxygen atoms in total. The van der Waals surface area contributed by atoms with Gasteiger partial charge in [0.2, 0.25) is 0 Å². The Bertz CT molecular complexity index is 339. The van der Waals surface area contributed by atoms with Crippen molar-refractivity contribution in [3.8, 4) is 12.3 Å². The molecule has 0 aliphatic rings. The highest BCUT2D eigenvalue weighted by Crippen LogP contribution is 2.05. The molecule has 0 fully saturated rings. The Kier molecular flexibility index (Phi) is 3.53. The molecule has 1 heterocycles. The third-order valence-electron chi connectivity index (χ3n) is 1.36. The second kappa shape index (κ2) is 4.67. The Morgan fingerprint density at radius 3 is 3.15 bits per heavy atom. The lowest BCUT2D eigenvalue weighted by Gasteiger charge is -2.00. The zero-order chi connectivity index (χ0) is 9.68. The van der Waals surface area contributed by atoms with Crippen molar-refractivity contribution in [3.63, 3.8) is 0 Å². The van der Waals surface area contributed by atoms with Gasteiger partial charge in [-0.1, -0.05) is 0 Å². The van der Waals surface area contributed by atoms with Crippen LogP contribution in [0.4, 0.5) is 0 Å². The fourth-order valence-corrected chi connectivity index (χ4v) is 1.12. The lowest BCUT2D eigenvalue weighted by atomic mass is 10.5. The average Bonchev–Trinajstić information content (AvgIpc) is 2.51. The molecule has 0 radical (unpaired) electrons. The highest BCUT2D eigenvalue weighted by molar-refractivity contribution is 9.10. The van der Waals surface area contributed by atoms with Crippen LogP contribution in [0.2, 0.25) is 0 Å². The Balaban J connectivity index is 2.29. The molecule has 1 amide bonds. The molecule has 0 spiro atoms. The predicted octanol–water partition coefficient (Wildman–Crippen LogP) is 0.395. The first-order valence-corrected chi connectivity index (χ1v) is 4.44. The molecular weight excluding hydrogens is 234 g/mol. The van der Waals surface area contributed by atoms with Gasteiger partial charge in [0, 0.05) is 12.7 Å². The van der Waals surface area contributed by atoms with Crippen LogP contribution in [0.25, 0.3) is 0 Å². The molecular formula is C8H8BrN3O. The van der Waals surface area contributed by atoms with Gasteiger partial charge in [0.25, 0.3) is 5.91 Å². The van der Waals surface area contributed by atoms with Crippen LogP contribution >= 0.6 is 15.9 Å². The molecule has 0 aliphatic carbocycles. The van der Waals surface area contributed by atoms with E-state index >= 15 is 0 Å². The van der Waals surface area contributed by atoms with E-state index in [2.05, 4.69) is 26.3 Å². The second-order valence-electron chi connectivity index (χ2n) is 2.32. The third kappa shape index (κ3) is 3.30. The number of aromatic nitrogens is 2. The highest BCUT2D eigenvalue weighted by atomic mass is 79.9. The minimum Gasteiger partial charge on any atom is -0.343 e. The number of hydrogen-bond acceptors (Lipinski definition) is 2. The standard InChI is InChI=1S/C8H8BrN3O/c1-2-8(13)10-3-4-12-6-7(9)5-11-12/h1,5-6H,3-4H2,(H,10,13). The van der Waals surface area contributed by atoms with Gasteiger partial charge in [0.1, 0.15) is 0 Å². The summed E-state index contributed by atoms with van der Waals surface area (Å²) in [5.41, 5.74) is 0. The quantitative estimate of drug-likeness (QED) is 0.779. The number of carbonyl (C=O) groups excluding carboxylic acids is 1. The molecule has 0 atom stereocenters. The molecule has 0 aliphatic heterocycles. The van der Waals surface area contributed by atoms with Crippen LogP contribution in [-0.4, -0.2) is 22.2 Å². The highest BCUT2D eigenvalue weighted by Gasteiger charge is 1.96. The Morgan fingerprint density at radius 2 is 2.62 bits per heavy atom. The first kappa shape index (κ1) is 9.81. The van der Waals surface area contributed by atoms with E-state index in [9.17, 15) is 4.79 Å².